The molecule has 1 aliphatic heterocycles. The molecule has 0 fully saturated rings. The molecule has 3 aromatic carbocycles. The number of aromatic nitrogens is 2. The van der Waals surface area contributed by atoms with Crippen LogP contribution < -0.4 is 9.80 Å². The van der Waals surface area contributed by atoms with Gasteiger partial charge in [-0.1, -0.05) is 78.9 Å². The highest BCUT2D eigenvalue weighted by Crippen LogP contribution is 2.47. The number of allylic oxidation sites excluding steroid dienone is 1. The molecular formula is C26H24N4. The Morgan fingerprint density at radius 1 is 0.733 bits per heavy atom. The molecule has 1 aliphatic rings. The fourth-order valence-corrected chi connectivity index (χ4v) is 4.29. The van der Waals surface area contributed by atoms with E-state index in [-0.39, 0.29) is 6.17 Å². The molecular weight excluding hydrogens is 368 g/mol. The lowest BCUT2D eigenvalue weighted by molar-refractivity contribution is 0.689. The van der Waals surface area contributed by atoms with Gasteiger partial charge < -0.3 is 9.47 Å². The van der Waals surface area contributed by atoms with Crippen LogP contribution in [0.5, 0.6) is 0 Å². The number of benzene rings is 3. The van der Waals surface area contributed by atoms with Gasteiger partial charge in [-0.3, -0.25) is 4.90 Å². The van der Waals surface area contributed by atoms with Crippen molar-refractivity contribution in [1.29, 1.82) is 0 Å². The van der Waals surface area contributed by atoms with Gasteiger partial charge >= 0.3 is 0 Å². The SMILES string of the molecule is CC1=C(c2ccccc2)N(c2ccccc2)C(c2ccccc2)N1c1nccn1C. The Balaban J connectivity index is 1.79. The smallest absolute Gasteiger partial charge is 0.211 e. The van der Waals surface area contributed by atoms with Crippen LogP contribution in [0.2, 0.25) is 0 Å². The summed E-state index contributed by atoms with van der Waals surface area (Å²) in [6.45, 7) is 2.19. The molecule has 0 radical (unpaired) electrons. The van der Waals surface area contributed by atoms with E-state index >= 15 is 0 Å². The average molecular weight is 393 g/mol. The average Bonchev–Trinajstić information content (AvgIpc) is 3.35. The second-order valence-electron chi connectivity index (χ2n) is 7.50. The molecule has 4 heteroatoms. The van der Waals surface area contributed by atoms with Crippen LogP contribution in [0.1, 0.15) is 24.2 Å². The molecule has 0 bridgehead atoms. The van der Waals surface area contributed by atoms with Crippen molar-refractivity contribution in [2.75, 3.05) is 9.80 Å². The Labute approximate surface area is 177 Å². The molecule has 4 aromatic rings. The van der Waals surface area contributed by atoms with Crippen molar-refractivity contribution in [2.24, 2.45) is 7.05 Å². The highest BCUT2D eigenvalue weighted by molar-refractivity contribution is 5.88. The van der Waals surface area contributed by atoms with E-state index in [1.807, 2.05) is 19.4 Å². The van der Waals surface area contributed by atoms with E-state index in [4.69, 9.17) is 4.98 Å². The molecule has 5 rings (SSSR count). The zero-order valence-electron chi connectivity index (χ0n) is 17.2. The normalized spacial score (nSPS) is 16.4. The van der Waals surface area contributed by atoms with Gasteiger partial charge in [-0.2, -0.15) is 0 Å². The van der Waals surface area contributed by atoms with Gasteiger partial charge in [0.1, 0.15) is 6.17 Å². The van der Waals surface area contributed by atoms with Gasteiger partial charge in [-0.25, -0.2) is 4.98 Å². The lowest BCUT2D eigenvalue weighted by Crippen LogP contribution is -2.34. The van der Waals surface area contributed by atoms with Crippen LogP contribution >= 0.6 is 0 Å². The minimum Gasteiger partial charge on any atom is -0.320 e. The summed E-state index contributed by atoms with van der Waals surface area (Å²) in [5, 5.41) is 0. The van der Waals surface area contributed by atoms with Gasteiger partial charge in [-0.15, -0.1) is 0 Å². The molecule has 148 valence electrons. The first-order chi connectivity index (χ1) is 14.8. The van der Waals surface area contributed by atoms with E-state index < -0.39 is 0 Å². The highest BCUT2D eigenvalue weighted by atomic mass is 15.5. The fourth-order valence-electron chi connectivity index (χ4n) is 4.29. The zero-order valence-corrected chi connectivity index (χ0v) is 17.2. The number of hydrogen-bond donors (Lipinski definition) is 0. The summed E-state index contributed by atoms with van der Waals surface area (Å²) in [7, 11) is 2.05. The molecule has 0 aliphatic carbocycles. The number of aryl methyl sites for hydroxylation is 1. The summed E-state index contributed by atoms with van der Waals surface area (Å²) in [5.74, 6) is 0.924. The van der Waals surface area contributed by atoms with Crippen LogP contribution in [0.3, 0.4) is 0 Å². The van der Waals surface area contributed by atoms with Gasteiger partial charge in [0, 0.05) is 30.8 Å². The molecule has 1 aromatic heterocycles. The maximum atomic E-state index is 4.71. The second kappa shape index (κ2) is 7.56. The minimum atomic E-state index is -0.0371. The summed E-state index contributed by atoms with van der Waals surface area (Å²) >= 11 is 0. The Hall–Kier alpha value is -3.79. The quantitative estimate of drug-likeness (QED) is 0.436. The number of hydrogen-bond acceptors (Lipinski definition) is 3. The third-order valence-electron chi connectivity index (χ3n) is 5.62. The van der Waals surface area contributed by atoms with Crippen LogP contribution in [0.15, 0.2) is 109 Å². The van der Waals surface area contributed by atoms with Crippen molar-refractivity contribution in [2.45, 2.75) is 13.1 Å². The molecule has 2 heterocycles. The molecule has 4 nitrogen and oxygen atoms in total. The summed E-state index contributed by atoms with van der Waals surface area (Å²) in [6, 6.07) is 31.9. The van der Waals surface area contributed by atoms with Crippen molar-refractivity contribution in [1.82, 2.24) is 9.55 Å². The lowest BCUT2D eigenvalue weighted by Gasteiger charge is -2.34. The van der Waals surface area contributed by atoms with E-state index in [1.54, 1.807) is 0 Å². The molecule has 1 unspecified atom stereocenters. The van der Waals surface area contributed by atoms with E-state index in [0.29, 0.717) is 0 Å². The third-order valence-corrected chi connectivity index (χ3v) is 5.62. The number of para-hydroxylation sites is 1. The largest absolute Gasteiger partial charge is 0.320 e. The van der Waals surface area contributed by atoms with Gasteiger partial charge in [0.15, 0.2) is 0 Å². The van der Waals surface area contributed by atoms with Crippen molar-refractivity contribution < 1.29 is 0 Å². The standard InChI is InChI=1S/C26H24N4/c1-20-24(21-12-6-3-7-13-21)30(23-16-10-5-11-17-23)25(22-14-8-4-9-15-22)29(20)26-27-18-19-28(26)2/h3-19,25H,1-2H3. The molecule has 0 spiro atoms. The van der Waals surface area contributed by atoms with Crippen LogP contribution in [0.25, 0.3) is 5.70 Å². The zero-order chi connectivity index (χ0) is 20.5. The molecule has 0 saturated heterocycles. The summed E-state index contributed by atoms with van der Waals surface area (Å²) in [5.41, 5.74) is 5.93. The first-order valence-corrected chi connectivity index (χ1v) is 10.2. The number of anilines is 2. The van der Waals surface area contributed by atoms with Gasteiger partial charge in [0.2, 0.25) is 5.95 Å². The molecule has 0 N–H and O–H groups in total. The predicted octanol–water partition coefficient (Wildman–Crippen LogP) is 5.83. The van der Waals surface area contributed by atoms with Gasteiger partial charge in [-0.05, 0) is 30.2 Å². The van der Waals surface area contributed by atoms with Crippen LogP contribution in [-0.2, 0) is 7.05 Å². The Morgan fingerprint density at radius 3 is 1.93 bits per heavy atom. The van der Waals surface area contributed by atoms with Crippen LogP contribution in [0, 0.1) is 0 Å². The first kappa shape index (κ1) is 18.3. The summed E-state index contributed by atoms with van der Waals surface area (Å²) < 4.78 is 2.08. The van der Waals surface area contributed by atoms with E-state index in [9.17, 15) is 0 Å². The number of imidazole rings is 1. The number of nitrogens with zero attached hydrogens (tertiary/aromatic N) is 4. The Morgan fingerprint density at radius 2 is 1.33 bits per heavy atom. The highest BCUT2D eigenvalue weighted by Gasteiger charge is 2.41. The van der Waals surface area contributed by atoms with Gasteiger partial charge in [0.25, 0.3) is 0 Å². The molecule has 30 heavy (non-hydrogen) atoms. The Kier molecular flexibility index (Phi) is 4.60. The van der Waals surface area contributed by atoms with E-state index in [2.05, 4.69) is 112 Å². The maximum absolute atomic E-state index is 4.71. The van der Waals surface area contributed by atoms with Crippen LogP contribution in [0.4, 0.5) is 11.6 Å². The number of rotatable bonds is 4. The molecule has 1 atom stereocenters. The molecule has 0 amide bonds. The van der Waals surface area contributed by atoms with Gasteiger partial charge in [0.05, 0.1) is 5.70 Å². The Bertz CT molecular complexity index is 1160. The second-order valence-corrected chi connectivity index (χ2v) is 7.50. The van der Waals surface area contributed by atoms with Crippen molar-refractivity contribution in [3.8, 4) is 0 Å². The summed E-state index contributed by atoms with van der Waals surface area (Å²) in [4.78, 5) is 9.47. The van der Waals surface area contributed by atoms with E-state index in [1.165, 1.54) is 22.5 Å². The topological polar surface area (TPSA) is 24.3 Å². The first-order valence-electron chi connectivity index (χ1n) is 10.2. The lowest BCUT2D eigenvalue weighted by atomic mass is 10.1. The van der Waals surface area contributed by atoms with Crippen molar-refractivity contribution in [3.05, 3.63) is 120 Å². The van der Waals surface area contributed by atoms with E-state index in [0.717, 1.165) is 11.6 Å². The summed E-state index contributed by atoms with van der Waals surface area (Å²) in [6.07, 6.45) is 3.82. The third kappa shape index (κ3) is 2.98. The molecule has 0 saturated carbocycles. The van der Waals surface area contributed by atoms with Crippen molar-refractivity contribution in [3.63, 3.8) is 0 Å². The van der Waals surface area contributed by atoms with Crippen molar-refractivity contribution >= 4 is 17.3 Å². The predicted molar refractivity (Wildman–Crippen MR) is 123 cm³/mol. The van der Waals surface area contributed by atoms with Crippen LogP contribution in [-0.4, -0.2) is 9.55 Å². The monoisotopic (exact) mass is 392 g/mol. The maximum Gasteiger partial charge on any atom is 0.211 e. The fraction of sp³-hybridized carbons (Fsp3) is 0.115. The minimum absolute atomic E-state index is 0.0371.